The molecule has 1 aromatic carbocycles. The van der Waals surface area contributed by atoms with Crippen LogP contribution in [0.2, 0.25) is 0 Å². The summed E-state index contributed by atoms with van der Waals surface area (Å²) in [7, 11) is 0. The number of likely N-dealkylation sites (tertiary alicyclic amines) is 1. The van der Waals surface area contributed by atoms with E-state index in [0.717, 1.165) is 51.1 Å². The molecule has 0 radical (unpaired) electrons. The second-order valence-corrected chi connectivity index (χ2v) is 7.64. The molecule has 1 amide bonds. The molecule has 1 aliphatic heterocycles. The third-order valence-corrected chi connectivity index (χ3v) is 5.56. The third-order valence-electron chi connectivity index (χ3n) is 5.56. The van der Waals surface area contributed by atoms with Crippen molar-refractivity contribution in [2.24, 2.45) is 0 Å². The molecule has 6 heteroatoms. The highest BCUT2D eigenvalue weighted by Crippen LogP contribution is 2.38. The lowest BCUT2D eigenvalue weighted by molar-refractivity contribution is -0.139. The first kappa shape index (κ1) is 18.2. The van der Waals surface area contributed by atoms with Gasteiger partial charge in [-0.2, -0.15) is 4.98 Å². The number of nitrogens with zero attached hydrogens (tertiary/aromatic N) is 4. The number of likely N-dealkylation sites (N-methyl/N-ethyl adjacent to an activating group) is 1. The number of hydrogen-bond acceptors (Lipinski definition) is 5. The maximum atomic E-state index is 13.3. The molecular formula is C21H28N4O2. The largest absolute Gasteiger partial charge is 0.339 e. The first-order valence-corrected chi connectivity index (χ1v) is 10.1. The maximum absolute atomic E-state index is 13.3. The molecule has 1 saturated carbocycles. The molecule has 6 nitrogen and oxygen atoms in total. The second kappa shape index (κ2) is 8.21. The molecule has 1 atom stereocenters. The summed E-state index contributed by atoms with van der Waals surface area (Å²) in [6.07, 6.45) is 5.44. The number of piperidine rings is 1. The zero-order chi connectivity index (χ0) is 18.6. The van der Waals surface area contributed by atoms with E-state index >= 15 is 0 Å². The van der Waals surface area contributed by atoms with Gasteiger partial charge in [-0.25, -0.2) is 0 Å². The molecule has 2 aromatic rings. The number of carbonyl (C=O) groups is 1. The van der Waals surface area contributed by atoms with Gasteiger partial charge in [0.1, 0.15) is 0 Å². The van der Waals surface area contributed by atoms with Crippen molar-refractivity contribution in [1.29, 1.82) is 0 Å². The molecule has 2 fully saturated rings. The molecule has 2 aliphatic rings. The summed E-state index contributed by atoms with van der Waals surface area (Å²) in [6.45, 7) is 4.90. The van der Waals surface area contributed by atoms with Crippen LogP contribution in [0.5, 0.6) is 0 Å². The molecule has 0 unspecified atom stereocenters. The number of rotatable bonds is 7. The highest BCUT2D eigenvalue weighted by Gasteiger charge is 2.33. The first-order valence-electron chi connectivity index (χ1n) is 10.1. The van der Waals surface area contributed by atoms with Gasteiger partial charge in [0.2, 0.25) is 11.8 Å². The van der Waals surface area contributed by atoms with Gasteiger partial charge in [0.15, 0.2) is 5.82 Å². The lowest BCUT2D eigenvalue weighted by Crippen LogP contribution is -2.50. The number of hydrogen-bond donors (Lipinski definition) is 0. The zero-order valence-electron chi connectivity index (χ0n) is 16.0. The van der Waals surface area contributed by atoms with Gasteiger partial charge in [0.05, 0.1) is 12.6 Å². The van der Waals surface area contributed by atoms with Crippen molar-refractivity contribution < 1.29 is 9.32 Å². The number of carbonyl (C=O) groups excluding carboxylic acids is 1. The summed E-state index contributed by atoms with van der Waals surface area (Å²) in [5.41, 5.74) is 1.26. The fourth-order valence-electron chi connectivity index (χ4n) is 3.83. The van der Waals surface area contributed by atoms with Crippen LogP contribution in [0.25, 0.3) is 0 Å². The van der Waals surface area contributed by atoms with Crippen LogP contribution in [0.4, 0.5) is 0 Å². The minimum Gasteiger partial charge on any atom is -0.339 e. The van der Waals surface area contributed by atoms with Gasteiger partial charge < -0.3 is 9.42 Å². The third kappa shape index (κ3) is 4.38. The van der Waals surface area contributed by atoms with E-state index < -0.39 is 0 Å². The molecule has 2 heterocycles. The van der Waals surface area contributed by atoms with Crippen molar-refractivity contribution in [3.8, 4) is 0 Å². The van der Waals surface area contributed by atoms with Crippen molar-refractivity contribution >= 4 is 5.91 Å². The van der Waals surface area contributed by atoms with E-state index in [1.165, 1.54) is 5.56 Å². The summed E-state index contributed by atoms with van der Waals surface area (Å²) in [4.78, 5) is 22.0. The normalized spacial score (nSPS) is 20.6. The van der Waals surface area contributed by atoms with Crippen LogP contribution in [0, 0.1) is 0 Å². The van der Waals surface area contributed by atoms with Crippen LogP contribution < -0.4 is 0 Å². The minimum atomic E-state index is -0.0614. The van der Waals surface area contributed by atoms with E-state index in [2.05, 4.69) is 39.3 Å². The van der Waals surface area contributed by atoms with Crippen molar-refractivity contribution in [2.75, 3.05) is 13.1 Å². The summed E-state index contributed by atoms with van der Waals surface area (Å²) < 4.78 is 5.35. The molecule has 0 spiro atoms. The van der Waals surface area contributed by atoms with Gasteiger partial charge in [-0.1, -0.05) is 41.9 Å². The Balaban J connectivity index is 1.43. The van der Waals surface area contributed by atoms with Crippen molar-refractivity contribution in [3.63, 3.8) is 0 Å². The van der Waals surface area contributed by atoms with Gasteiger partial charge in [-0.15, -0.1) is 0 Å². The maximum Gasteiger partial charge on any atom is 0.240 e. The highest BCUT2D eigenvalue weighted by molar-refractivity contribution is 5.82. The smallest absolute Gasteiger partial charge is 0.240 e. The zero-order valence-corrected chi connectivity index (χ0v) is 16.0. The Labute approximate surface area is 160 Å². The molecule has 1 saturated heterocycles. The fourth-order valence-corrected chi connectivity index (χ4v) is 3.83. The Morgan fingerprint density at radius 2 is 2.04 bits per heavy atom. The summed E-state index contributed by atoms with van der Waals surface area (Å²) in [5, 5.41) is 4.09. The van der Waals surface area contributed by atoms with Crippen molar-refractivity contribution in [3.05, 3.63) is 47.6 Å². The van der Waals surface area contributed by atoms with Crippen LogP contribution >= 0.6 is 0 Å². The Hall–Kier alpha value is -2.21. The van der Waals surface area contributed by atoms with E-state index in [0.29, 0.717) is 24.8 Å². The Morgan fingerprint density at radius 1 is 1.22 bits per heavy atom. The minimum absolute atomic E-state index is 0.0614. The lowest BCUT2D eigenvalue weighted by Gasteiger charge is -2.37. The van der Waals surface area contributed by atoms with Crippen LogP contribution in [0.1, 0.15) is 62.2 Å². The van der Waals surface area contributed by atoms with Crippen LogP contribution in [0.3, 0.4) is 0 Å². The quantitative estimate of drug-likeness (QED) is 0.750. The molecule has 1 aliphatic carbocycles. The number of amides is 1. The second-order valence-electron chi connectivity index (χ2n) is 7.64. The number of aromatic nitrogens is 2. The van der Waals surface area contributed by atoms with Gasteiger partial charge in [0.25, 0.3) is 0 Å². The standard InChI is InChI=1S/C21H28N4O2/c1-2-24(15-19-22-20(27-23-19)17-11-12-17)21(26)18-10-6-7-13-25(18)14-16-8-4-3-5-9-16/h3-5,8-9,17-18H,2,6-7,10-15H2,1H3/t18-/m0/s1. The summed E-state index contributed by atoms with van der Waals surface area (Å²) in [6, 6.07) is 10.3. The summed E-state index contributed by atoms with van der Waals surface area (Å²) >= 11 is 0. The SMILES string of the molecule is CCN(Cc1noc(C2CC2)n1)C(=O)[C@@H]1CCCCN1Cc1ccccc1. The average Bonchev–Trinajstić information content (AvgIpc) is 3.45. The molecule has 4 rings (SSSR count). The molecular weight excluding hydrogens is 340 g/mol. The van der Waals surface area contributed by atoms with Crippen molar-refractivity contribution in [2.45, 2.75) is 64.1 Å². The predicted molar refractivity (Wildman–Crippen MR) is 102 cm³/mol. The van der Waals surface area contributed by atoms with Gasteiger partial charge in [-0.05, 0) is 44.7 Å². The predicted octanol–water partition coefficient (Wildman–Crippen LogP) is 3.35. The van der Waals surface area contributed by atoms with Crippen LogP contribution in [-0.2, 0) is 17.9 Å². The van der Waals surface area contributed by atoms with E-state index in [9.17, 15) is 4.79 Å². The first-order chi connectivity index (χ1) is 13.2. The molecule has 144 valence electrons. The van der Waals surface area contributed by atoms with Crippen LogP contribution in [0.15, 0.2) is 34.9 Å². The van der Waals surface area contributed by atoms with Crippen molar-refractivity contribution in [1.82, 2.24) is 19.9 Å². The van der Waals surface area contributed by atoms with Crippen LogP contribution in [-0.4, -0.2) is 45.0 Å². The fraction of sp³-hybridized carbons (Fsp3) is 0.571. The average molecular weight is 368 g/mol. The Kier molecular flexibility index (Phi) is 5.53. The Bertz CT molecular complexity index is 757. The van der Waals surface area contributed by atoms with Gasteiger partial charge in [-0.3, -0.25) is 9.69 Å². The molecule has 0 N–H and O–H groups in total. The molecule has 27 heavy (non-hydrogen) atoms. The van der Waals surface area contributed by atoms with E-state index in [-0.39, 0.29) is 11.9 Å². The van der Waals surface area contributed by atoms with E-state index in [1.54, 1.807) is 0 Å². The summed E-state index contributed by atoms with van der Waals surface area (Å²) in [5.74, 6) is 1.98. The Morgan fingerprint density at radius 3 is 2.78 bits per heavy atom. The lowest BCUT2D eigenvalue weighted by atomic mass is 9.99. The van der Waals surface area contributed by atoms with E-state index in [4.69, 9.17) is 4.52 Å². The topological polar surface area (TPSA) is 62.5 Å². The highest BCUT2D eigenvalue weighted by atomic mass is 16.5. The molecule has 1 aromatic heterocycles. The van der Waals surface area contributed by atoms with Gasteiger partial charge >= 0.3 is 0 Å². The van der Waals surface area contributed by atoms with Gasteiger partial charge in [0, 0.05) is 19.0 Å². The monoisotopic (exact) mass is 368 g/mol. The molecule has 0 bridgehead atoms. The number of benzene rings is 1. The van der Waals surface area contributed by atoms with E-state index in [1.807, 2.05) is 17.9 Å².